The van der Waals surface area contributed by atoms with Gasteiger partial charge in [0.25, 0.3) is 0 Å². The first-order valence-electron chi connectivity index (χ1n) is 23.3. The Kier molecular flexibility index (Phi) is 8.98. The average Bonchev–Trinajstić information content (AvgIpc) is 3.72. The third kappa shape index (κ3) is 6.50. The maximum atomic E-state index is 2.48. The predicted molar refractivity (Wildman–Crippen MR) is 273 cm³/mol. The molecule has 4 bridgehead atoms. The van der Waals surface area contributed by atoms with Gasteiger partial charge in [0.2, 0.25) is 0 Å². The number of hydrogen-bond acceptors (Lipinski definition) is 2. The van der Waals surface area contributed by atoms with Gasteiger partial charge >= 0.3 is 0 Å². The molecule has 2 heteroatoms. The minimum atomic E-state index is 0.423. The highest BCUT2D eigenvalue weighted by Gasteiger charge is 2.51. The fourth-order valence-corrected chi connectivity index (χ4v) is 13.8. The van der Waals surface area contributed by atoms with Crippen LogP contribution in [-0.4, -0.2) is 0 Å². The number of hydrogen-bond donors (Lipinski definition) is 0. The van der Waals surface area contributed by atoms with Crippen molar-refractivity contribution in [1.29, 1.82) is 0 Å². The lowest BCUT2D eigenvalue weighted by atomic mass is 9.48. The van der Waals surface area contributed by atoms with Crippen molar-refractivity contribution in [3.05, 3.63) is 212 Å². The van der Waals surface area contributed by atoms with Crippen molar-refractivity contribution in [2.24, 2.45) is 17.8 Å². The largest absolute Gasteiger partial charge is 0.311 e. The van der Waals surface area contributed by atoms with Gasteiger partial charge in [-0.3, -0.25) is 0 Å². The van der Waals surface area contributed by atoms with Crippen molar-refractivity contribution in [2.45, 2.75) is 43.9 Å². The van der Waals surface area contributed by atoms with Crippen LogP contribution < -0.4 is 4.90 Å². The van der Waals surface area contributed by atoms with E-state index in [1.54, 1.807) is 5.56 Å². The van der Waals surface area contributed by atoms with E-state index in [4.69, 9.17) is 0 Å². The quantitative estimate of drug-likeness (QED) is 0.147. The van der Waals surface area contributed by atoms with E-state index in [2.05, 4.69) is 211 Å². The Labute approximate surface area is 380 Å². The molecule has 4 aliphatic rings. The number of fused-ring (bicyclic) bond motifs is 4. The van der Waals surface area contributed by atoms with Crippen molar-refractivity contribution in [2.75, 3.05) is 4.90 Å². The molecule has 0 radical (unpaired) electrons. The molecule has 10 aromatic rings. The van der Waals surface area contributed by atoms with Gasteiger partial charge in [-0.15, -0.1) is 11.3 Å². The molecule has 308 valence electrons. The van der Waals surface area contributed by atoms with Crippen LogP contribution in [0.25, 0.3) is 75.5 Å². The molecule has 0 unspecified atom stereocenters. The normalized spacial score (nSPS) is 20.0. The molecule has 1 nitrogen and oxygen atoms in total. The first-order chi connectivity index (χ1) is 31.6. The Morgan fingerprint density at radius 1 is 0.375 bits per heavy atom. The average molecular weight is 840 g/mol. The summed E-state index contributed by atoms with van der Waals surface area (Å²) in [4.78, 5) is 2.40. The lowest BCUT2D eigenvalue weighted by Gasteiger charge is -2.57. The van der Waals surface area contributed by atoms with Gasteiger partial charge in [-0.25, -0.2) is 0 Å². The Hall–Kier alpha value is -6.74. The minimum Gasteiger partial charge on any atom is -0.311 e. The van der Waals surface area contributed by atoms with E-state index < -0.39 is 0 Å². The summed E-state index contributed by atoms with van der Waals surface area (Å²) >= 11 is 1.88. The third-order valence-electron chi connectivity index (χ3n) is 15.3. The first kappa shape index (κ1) is 37.8. The van der Waals surface area contributed by atoms with Crippen LogP contribution in [0.5, 0.6) is 0 Å². The van der Waals surface area contributed by atoms with Crippen molar-refractivity contribution in [3.8, 4) is 44.5 Å². The number of anilines is 3. The van der Waals surface area contributed by atoms with E-state index in [1.807, 2.05) is 11.3 Å². The van der Waals surface area contributed by atoms with Crippen LogP contribution in [0.4, 0.5) is 17.1 Å². The SMILES string of the molecule is c1ccc(-c2cccc3cccc(-c4ccc(N(c5ccc(-c6ccc(C78CC9CC(CC(C9)C7)C8)cc6)cc5)c5ccc(-c6ccc7c(c6)sc6ccccc67)cc5)cc4)c23)cc1. The van der Waals surface area contributed by atoms with E-state index in [1.165, 1.54) is 114 Å². The highest BCUT2D eigenvalue weighted by Crippen LogP contribution is 2.61. The molecule has 14 rings (SSSR count). The first-order valence-corrected chi connectivity index (χ1v) is 24.1. The summed E-state index contributed by atoms with van der Waals surface area (Å²) in [6.07, 6.45) is 8.67. The number of benzene rings is 9. The van der Waals surface area contributed by atoms with Crippen molar-refractivity contribution >= 4 is 59.3 Å². The van der Waals surface area contributed by atoms with E-state index >= 15 is 0 Å². The Morgan fingerprint density at radius 2 is 0.844 bits per heavy atom. The molecule has 4 saturated carbocycles. The molecule has 0 aliphatic heterocycles. The van der Waals surface area contributed by atoms with Crippen LogP contribution in [-0.2, 0) is 5.41 Å². The van der Waals surface area contributed by atoms with Gasteiger partial charge in [0.05, 0.1) is 0 Å². The van der Waals surface area contributed by atoms with E-state index in [0.29, 0.717) is 5.41 Å². The van der Waals surface area contributed by atoms with Gasteiger partial charge in [-0.2, -0.15) is 0 Å². The summed E-state index contributed by atoms with van der Waals surface area (Å²) in [7, 11) is 0. The highest BCUT2D eigenvalue weighted by molar-refractivity contribution is 7.25. The Bertz CT molecular complexity index is 3280. The maximum Gasteiger partial charge on any atom is 0.0462 e. The van der Waals surface area contributed by atoms with Crippen LogP contribution >= 0.6 is 11.3 Å². The Morgan fingerprint density at radius 3 is 1.44 bits per heavy atom. The Balaban J connectivity index is 0.852. The van der Waals surface area contributed by atoms with Crippen LogP contribution in [0.2, 0.25) is 0 Å². The molecule has 0 amide bonds. The van der Waals surface area contributed by atoms with Gasteiger partial charge in [0.1, 0.15) is 0 Å². The summed E-state index contributed by atoms with van der Waals surface area (Å²) in [5.41, 5.74) is 15.4. The number of thiophene rings is 1. The summed E-state index contributed by atoms with van der Waals surface area (Å²) < 4.78 is 2.67. The highest BCUT2D eigenvalue weighted by atomic mass is 32.1. The van der Waals surface area contributed by atoms with Gasteiger partial charge in [0, 0.05) is 37.2 Å². The van der Waals surface area contributed by atoms with Gasteiger partial charge in [-0.1, -0.05) is 158 Å². The zero-order valence-electron chi connectivity index (χ0n) is 36.0. The molecule has 0 spiro atoms. The van der Waals surface area contributed by atoms with Crippen LogP contribution in [0.1, 0.15) is 44.1 Å². The minimum absolute atomic E-state index is 0.423. The summed E-state index contributed by atoms with van der Waals surface area (Å²) in [6, 6.07) is 77.1. The zero-order valence-corrected chi connectivity index (χ0v) is 36.8. The second-order valence-electron chi connectivity index (χ2n) is 19.1. The lowest BCUT2D eigenvalue weighted by Crippen LogP contribution is -2.48. The fourth-order valence-electron chi connectivity index (χ4n) is 12.7. The molecule has 1 aromatic heterocycles. The number of nitrogens with zero attached hydrogens (tertiary/aromatic N) is 1. The molecule has 4 aliphatic carbocycles. The summed E-state index contributed by atoms with van der Waals surface area (Å²) in [5.74, 6) is 2.86. The molecule has 64 heavy (non-hydrogen) atoms. The molecule has 0 N–H and O–H groups in total. The molecule has 0 atom stereocenters. The van der Waals surface area contributed by atoms with E-state index in [-0.39, 0.29) is 0 Å². The third-order valence-corrected chi connectivity index (χ3v) is 16.4. The number of rotatable bonds is 8. The van der Waals surface area contributed by atoms with Crippen LogP contribution in [0.15, 0.2) is 206 Å². The molecular weight excluding hydrogens is 791 g/mol. The van der Waals surface area contributed by atoms with Crippen molar-refractivity contribution in [1.82, 2.24) is 0 Å². The second-order valence-corrected chi connectivity index (χ2v) is 20.2. The van der Waals surface area contributed by atoms with Crippen LogP contribution in [0, 0.1) is 17.8 Å². The van der Waals surface area contributed by atoms with Crippen molar-refractivity contribution < 1.29 is 0 Å². The standard InChI is InChI=1S/C62H49NS/c1-2-8-47(9-3-1)55-13-6-10-49-11-7-14-56(61(49)55)48-22-31-54(32-23-48)63(53-29-20-46(21-30-53)50-24-33-58-57-12-4-5-15-59(57)64-60(58)37-50)52-27-18-45(19-28-52)44-16-25-51(26-17-44)62-38-41-34-42(39-62)36-43(35-41)40-62/h1-33,37,41-43H,34-36,38-40H2. The van der Waals surface area contributed by atoms with Crippen LogP contribution in [0.3, 0.4) is 0 Å². The summed E-state index contributed by atoms with van der Waals surface area (Å²) in [6.45, 7) is 0. The monoisotopic (exact) mass is 839 g/mol. The van der Waals surface area contributed by atoms with Crippen molar-refractivity contribution in [3.63, 3.8) is 0 Å². The second kappa shape index (κ2) is 15.2. The zero-order chi connectivity index (χ0) is 42.2. The van der Waals surface area contributed by atoms with E-state index in [0.717, 1.165) is 34.8 Å². The maximum absolute atomic E-state index is 2.48. The lowest BCUT2D eigenvalue weighted by molar-refractivity contribution is -0.00518. The summed E-state index contributed by atoms with van der Waals surface area (Å²) in [5, 5.41) is 5.20. The molecule has 1 heterocycles. The fraction of sp³-hybridized carbons (Fsp3) is 0.161. The molecular formula is C62H49NS. The molecule has 9 aromatic carbocycles. The molecule has 0 saturated heterocycles. The topological polar surface area (TPSA) is 3.24 Å². The smallest absolute Gasteiger partial charge is 0.0462 e. The van der Waals surface area contributed by atoms with Gasteiger partial charge in [-0.05, 0) is 171 Å². The van der Waals surface area contributed by atoms with Gasteiger partial charge < -0.3 is 4.90 Å². The van der Waals surface area contributed by atoms with Gasteiger partial charge in [0.15, 0.2) is 0 Å². The molecule has 4 fully saturated rings. The van der Waals surface area contributed by atoms with E-state index in [9.17, 15) is 0 Å². The predicted octanol–water partition coefficient (Wildman–Crippen LogP) is 17.8.